The fourth-order valence-electron chi connectivity index (χ4n) is 2.36. The van der Waals surface area contributed by atoms with Crippen molar-refractivity contribution in [2.24, 2.45) is 0 Å². The zero-order chi connectivity index (χ0) is 19.1. The number of hydrogen-bond donors (Lipinski definition) is 2. The Labute approximate surface area is 166 Å². The van der Waals surface area contributed by atoms with Crippen LogP contribution in [0.2, 0.25) is 0 Å². The summed E-state index contributed by atoms with van der Waals surface area (Å²) in [6.45, 7) is 5.18. The van der Waals surface area contributed by atoms with Gasteiger partial charge in [-0.2, -0.15) is 0 Å². The lowest BCUT2D eigenvalue weighted by molar-refractivity contribution is 0.0772. The molecule has 0 aromatic heterocycles. The number of thiocarbonyl (C=S) groups is 1. The number of halogens is 1. The minimum atomic E-state index is -0.301. The summed E-state index contributed by atoms with van der Waals surface area (Å²) in [5.74, 6) is -0.339. The molecule has 0 aliphatic heterocycles. The van der Waals surface area contributed by atoms with Gasteiger partial charge in [-0.05, 0) is 68.5 Å². The number of rotatable bonds is 5. The first-order valence-electron chi connectivity index (χ1n) is 8.21. The molecule has 0 heterocycles. The van der Waals surface area contributed by atoms with Crippen LogP contribution in [0.25, 0.3) is 0 Å². The first kappa shape index (κ1) is 20.1. The molecule has 2 amide bonds. The molecular formula is C19H20BrN3O2S. The van der Waals surface area contributed by atoms with Crippen molar-refractivity contribution in [2.75, 3.05) is 18.4 Å². The largest absolute Gasteiger partial charge is 0.339 e. The smallest absolute Gasteiger partial charge is 0.257 e. The van der Waals surface area contributed by atoms with Crippen LogP contribution in [0.3, 0.4) is 0 Å². The lowest BCUT2D eigenvalue weighted by atomic mass is 10.1. The Balaban J connectivity index is 2.03. The van der Waals surface area contributed by atoms with Gasteiger partial charge in [0.05, 0.1) is 0 Å². The Morgan fingerprint density at radius 1 is 1.04 bits per heavy atom. The van der Waals surface area contributed by atoms with E-state index in [2.05, 4.69) is 26.6 Å². The van der Waals surface area contributed by atoms with Crippen molar-refractivity contribution in [1.29, 1.82) is 0 Å². The molecule has 2 aromatic rings. The maximum absolute atomic E-state index is 12.4. The Morgan fingerprint density at radius 2 is 1.69 bits per heavy atom. The zero-order valence-electron chi connectivity index (χ0n) is 14.6. The van der Waals surface area contributed by atoms with E-state index in [9.17, 15) is 9.59 Å². The second-order valence-electron chi connectivity index (χ2n) is 5.47. The highest BCUT2D eigenvalue weighted by molar-refractivity contribution is 9.10. The summed E-state index contributed by atoms with van der Waals surface area (Å²) in [6, 6.07) is 14.0. The van der Waals surface area contributed by atoms with Gasteiger partial charge in [-0.25, -0.2) is 0 Å². The third kappa shape index (κ3) is 5.37. The van der Waals surface area contributed by atoms with E-state index in [0.29, 0.717) is 29.9 Å². The van der Waals surface area contributed by atoms with E-state index in [1.165, 1.54) is 0 Å². The van der Waals surface area contributed by atoms with E-state index in [1.54, 1.807) is 53.4 Å². The predicted molar refractivity (Wildman–Crippen MR) is 112 cm³/mol. The molecule has 0 bridgehead atoms. The molecule has 0 saturated heterocycles. The molecule has 2 aromatic carbocycles. The van der Waals surface area contributed by atoms with E-state index in [4.69, 9.17) is 12.2 Å². The van der Waals surface area contributed by atoms with E-state index in [1.807, 2.05) is 13.8 Å². The highest BCUT2D eigenvalue weighted by atomic mass is 79.9. The number of carbonyl (C=O) groups excluding carboxylic acids is 2. The Bertz CT molecular complexity index is 805. The Hall–Kier alpha value is -2.25. The van der Waals surface area contributed by atoms with Crippen molar-refractivity contribution in [1.82, 2.24) is 10.2 Å². The van der Waals surface area contributed by atoms with Crippen molar-refractivity contribution in [3.05, 3.63) is 64.1 Å². The van der Waals surface area contributed by atoms with Crippen LogP contribution in [0.15, 0.2) is 53.0 Å². The van der Waals surface area contributed by atoms with Crippen molar-refractivity contribution in [3.63, 3.8) is 0 Å². The second-order valence-corrected chi connectivity index (χ2v) is 6.80. The molecule has 0 saturated carbocycles. The van der Waals surface area contributed by atoms with E-state index in [0.717, 1.165) is 4.47 Å². The van der Waals surface area contributed by atoms with Crippen molar-refractivity contribution < 1.29 is 9.59 Å². The number of nitrogens with zero attached hydrogens (tertiary/aromatic N) is 1. The molecule has 7 heteroatoms. The quantitative estimate of drug-likeness (QED) is 0.697. The average molecular weight is 434 g/mol. The molecule has 0 spiro atoms. The lowest BCUT2D eigenvalue weighted by Gasteiger charge is -2.19. The van der Waals surface area contributed by atoms with Crippen LogP contribution in [-0.4, -0.2) is 34.9 Å². The summed E-state index contributed by atoms with van der Waals surface area (Å²) >= 11 is 8.52. The molecule has 136 valence electrons. The maximum Gasteiger partial charge on any atom is 0.257 e. The first-order valence-corrected chi connectivity index (χ1v) is 9.42. The fourth-order valence-corrected chi connectivity index (χ4v) is 2.84. The summed E-state index contributed by atoms with van der Waals surface area (Å²) in [6.07, 6.45) is 0. The van der Waals surface area contributed by atoms with Crippen molar-refractivity contribution >= 4 is 50.8 Å². The van der Waals surface area contributed by atoms with Crippen LogP contribution < -0.4 is 10.6 Å². The second kappa shape index (κ2) is 9.45. The van der Waals surface area contributed by atoms with Crippen LogP contribution in [0.5, 0.6) is 0 Å². The van der Waals surface area contributed by atoms with E-state index >= 15 is 0 Å². The summed E-state index contributed by atoms with van der Waals surface area (Å²) in [5.41, 5.74) is 1.72. The standard InChI is InChI=1S/C19H20BrN3O2S/c1-3-23(4-2)18(25)14-6-5-7-16(12-14)21-19(26)22-17(24)13-8-10-15(20)11-9-13/h5-12H,3-4H2,1-2H3,(H2,21,22,24,26). The van der Waals surface area contributed by atoms with Crippen molar-refractivity contribution in [3.8, 4) is 0 Å². The van der Waals surface area contributed by atoms with Gasteiger partial charge >= 0.3 is 0 Å². The molecule has 2 rings (SSSR count). The van der Waals surface area contributed by atoms with Gasteiger partial charge in [0.1, 0.15) is 0 Å². The predicted octanol–water partition coefficient (Wildman–Crippen LogP) is 4.06. The molecular weight excluding hydrogens is 414 g/mol. The highest BCUT2D eigenvalue weighted by Crippen LogP contribution is 2.13. The zero-order valence-corrected chi connectivity index (χ0v) is 17.0. The minimum Gasteiger partial charge on any atom is -0.339 e. The highest BCUT2D eigenvalue weighted by Gasteiger charge is 2.13. The van der Waals surface area contributed by atoms with E-state index in [-0.39, 0.29) is 16.9 Å². The molecule has 0 aliphatic rings. The number of carbonyl (C=O) groups is 2. The number of anilines is 1. The lowest BCUT2D eigenvalue weighted by Crippen LogP contribution is -2.34. The normalized spacial score (nSPS) is 10.1. The molecule has 26 heavy (non-hydrogen) atoms. The first-order chi connectivity index (χ1) is 12.4. The minimum absolute atomic E-state index is 0.0385. The van der Waals surface area contributed by atoms with E-state index < -0.39 is 0 Å². The monoisotopic (exact) mass is 433 g/mol. The third-order valence-electron chi connectivity index (χ3n) is 3.75. The molecule has 0 atom stereocenters. The summed E-state index contributed by atoms with van der Waals surface area (Å²) < 4.78 is 0.893. The Kier molecular flexibility index (Phi) is 7.29. The van der Waals surface area contributed by atoms with Gasteiger partial charge in [0.2, 0.25) is 0 Å². The number of benzene rings is 2. The Morgan fingerprint density at radius 3 is 2.31 bits per heavy atom. The van der Waals surface area contributed by atoms with Gasteiger partial charge in [0, 0.05) is 34.4 Å². The number of hydrogen-bond acceptors (Lipinski definition) is 3. The number of amides is 2. The summed E-state index contributed by atoms with van der Waals surface area (Å²) in [5, 5.41) is 5.74. The fraction of sp³-hybridized carbons (Fsp3) is 0.211. The molecule has 2 N–H and O–H groups in total. The average Bonchev–Trinajstić information content (AvgIpc) is 2.63. The van der Waals surface area contributed by atoms with Gasteiger partial charge in [-0.3, -0.25) is 14.9 Å². The third-order valence-corrected chi connectivity index (χ3v) is 4.48. The molecule has 0 aliphatic carbocycles. The van der Waals surface area contributed by atoms with Gasteiger partial charge in [0.25, 0.3) is 11.8 Å². The van der Waals surface area contributed by atoms with Crippen LogP contribution in [-0.2, 0) is 0 Å². The number of nitrogens with one attached hydrogen (secondary N) is 2. The van der Waals surface area contributed by atoms with Crippen LogP contribution >= 0.6 is 28.1 Å². The van der Waals surface area contributed by atoms with Crippen molar-refractivity contribution in [2.45, 2.75) is 13.8 Å². The molecule has 5 nitrogen and oxygen atoms in total. The van der Waals surface area contributed by atoms with Gasteiger partial charge in [-0.1, -0.05) is 22.0 Å². The van der Waals surface area contributed by atoms with Crippen LogP contribution in [0.1, 0.15) is 34.6 Å². The molecule has 0 unspecified atom stereocenters. The topological polar surface area (TPSA) is 61.4 Å². The summed E-state index contributed by atoms with van der Waals surface area (Å²) in [4.78, 5) is 26.4. The maximum atomic E-state index is 12.4. The van der Waals surface area contributed by atoms with Gasteiger partial charge in [0.15, 0.2) is 5.11 Å². The molecule has 0 radical (unpaired) electrons. The van der Waals surface area contributed by atoms with Crippen LogP contribution in [0, 0.1) is 0 Å². The molecule has 0 fully saturated rings. The van der Waals surface area contributed by atoms with Gasteiger partial charge < -0.3 is 10.2 Å². The SMILES string of the molecule is CCN(CC)C(=O)c1cccc(NC(=S)NC(=O)c2ccc(Br)cc2)c1. The van der Waals surface area contributed by atoms with Crippen LogP contribution in [0.4, 0.5) is 5.69 Å². The summed E-state index contributed by atoms with van der Waals surface area (Å²) in [7, 11) is 0. The van der Waals surface area contributed by atoms with Gasteiger partial charge in [-0.15, -0.1) is 0 Å².